The first-order valence-electron chi connectivity index (χ1n) is 7.17. The Morgan fingerprint density at radius 3 is 2.53 bits per heavy atom. The van der Waals surface area contributed by atoms with E-state index in [2.05, 4.69) is 0 Å². The van der Waals surface area contributed by atoms with E-state index in [9.17, 15) is 4.79 Å². The van der Waals surface area contributed by atoms with Crippen LogP contribution in [-0.2, 0) is 4.79 Å². The second-order valence-corrected chi connectivity index (χ2v) is 6.37. The maximum absolute atomic E-state index is 12.5. The first-order valence-corrected chi connectivity index (χ1v) is 7.17. The molecule has 96 valence electrons. The standard InChI is InChI=1S/C14H24N2O/c1-16(13(8-15)10-4-5-10)14(17)12-7-9-2-3-11(12)6-9/h9-13H,2-8,15H2,1H3. The Labute approximate surface area is 104 Å². The van der Waals surface area contributed by atoms with Gasteiger partial charge in [-0.05, 0) is 49.9 Å². The number of nitrogens with zero attached hydrogens (tertiary/aromatic N) is 1. The van der Waals surface area contributed by atoms with Crippen LogP contribution >= 0.6 is 0 Å². The number of likely N-dealkylation sites (N-methyl/N-ethyl adjacent to an activating group) is 1. The van der Waals surface area contributed by atoms with Crippen molar-refractivity contribution in [2.45, 2.75) is 44.6 Å². The second kappa shape index (κ2) is 4.27. The molecule has 4 atom stereocenters. The van der Waals surface area contributed by atoms with Crippen LogP contribution in [0.25, 0.3) is 0 Å². The van der Waals surface area contributed by atoms with Gasteiger partial charge in [-0.25, -0.2) is 0 Å². The number of hydrogen-bond donors (Lipinski definition) is 1. The van der Waals surface area contributed by atoms with Crippen LogP contribution in [0.2, 0.25) is 0 Å². The molecule has 0 aromatic rings. The summed E-state index contributed by atoms with van der Waals surface area (Å²) in [5.41, 5.74) is 5.83. The predicted octanol–water partition coefficient (Wildman–Crippen LogP) is 1.62. The fraction of sp³-hybridized carbons (Fsp3) is 0.929. The van der Waals surface area contributed by atoms with Gasteiger partial charge >= 0.3 is 0 Å². The molecule has 0 spiro atoms. The highest BCUT2D eigenvalue weighted by atomic mass is 16.2. The number of amides is 1. The number of carbonyl (C=O) groups excluding carboxylic acids is 1. The van der Waals surface area contributed by atoms with E-state index in [-0.39, 0.29) is 0 Å². The molecule has 4 unspecified atom stereocenters. The molecule has 0 heterocycles. The summed E-state index contributed by atoms with van der Waals surface area (Å²) >= 11 is 0. The van der Waals surface area contributed by atoms with Crippen LogP contribution in [0.3, 0.4) is 0 Å². The van der Waals surface area contributed by atoms with Crippen molar-refractivity contribution in [2.75, 3.05) is 13.6 Å². The smallest absolute Gasteiger partial charge is 0.226 e. The molecule has 0 aromatic heterocycles. The first-order chi connectivity index (χ1) is 8.20. The lowest BCUT2D eigenvalue weighted by molar-refractivity contribution is -0.138. The highest BCUT2D eigenvalue weighted by Crippen LogP contribution is 2.49. The molecular formula is C14H24N2O. The molecule has 0 saturated heterocycles. The van der Waals surface area contributed by atoms with E-state index in [1.54, 1.807) is 0 Å². The molecule has 2 N–H and O–H groups in total. The third-order valence-electron chi connectivity index (χ3n) is 5.31. The summed E-state index contributed by atoms with van der Waals surface area (Å²) < 4.78 is 0. The molecule has 0 radical (unpaired) electrons. The molecule has 17 heavy (non-hydrogen) atoms. The van der Waals surface area contributed by atoms with Gasteiger partial charge in [-0.3, -0.25) is 4.79 Å². The zero-order valence-electron chi connectivity index (χ0n) is 10.8. The van der Waals surface area contributed by atoms with Crippen molar-refractivity contribution in [1.82, 2.24) is 4.90 Å². The van der Waals surface area contributed by atoms with Crippen LogP contribution in [0.15, 0.2) is 0 Å². The Kier molecular flexibility index (Phi) is 2.89. The molecule has 3 nitrogen and oxygen atoms in total. The average molecular weight is 236 g/mol. The molecule has 3 rings (SSSR count). The van der Waals surface area contributed by atoms with Crippen molar-refractivity contribution in [3.05, 3.63) is 0 Å². The molecule has 3 aliphatic rings. The number of nitrogens with two attached hydrogens (primary N) is 1. The quantitative estimate of drug-likeness (QED) is 0.806. The number of rotatable bonds is 4. The third-order valence-corrected chi connectivity index (χ3v) is 5.31. The number of carbonyl (C=O) groups is 1. The summed E-state index contributed by atoms with van der Waals surface area (Å²) in [7, 11) is 1.98. The normalized spacial score (nSPS) is 37.2. The van der Waals surface area contributed by atoms with Gasteiger partial charge in [0, 0.05) is 25.6 Å². The maximum Gasteiger partial charge on any atom is 0.226 e. The van der Waals surface area contributed by atoms with Gasteiger partial charge in [0.2, 0.25) is 5.91 Å². The third kappa shape index (κ3) is 1.99. The molecule has 1 amide bonds. The van der Waals surface area contributed by atoms with E-state index in [1.165, 1.54) is 32.1 Å². The van der Waals surface area contributed by atoms with Gasteiger partial charge in [-0.1, -0.05) is 6.42 Å². The van der Waals surface area contributed by atoms with Crippen molar-refractivity contribution in [1.29, 1.82) is 0 Å². The minimum Gasteiger partial charge on any atom is -0.341 e. The summed E-state index contributed by atoms with van der Waals surface area (Å²) in [6, 6.07) is 0.307. The Hall–Kier alpha value is -0.570. The number of hydrogen-bond acceptors (Lipinski definition) is 2. The minimum absolute atomic E-state index is 0.307. The first kappa shape index (κ1) is 11.5. The van der Waals surface area contributed by atoms with Crippen LogP contribution in [-0.4, -0.2) is 30.4 Å². The van der Waals surface area contributed by atoms with Gasteiger partial charge in [-0.2, -0.15) is 0 Å². The van der Waals surface area contributed by atoms with E-state index < -0.39 is 0 Å². The lowest BCUT2D eigenvalue weighted by atomic mass is 9.87. The Bertz CT molecular complexity index is 313. The van der Waals surface area contributed by atoms with Crippen LogP contribution in [0.1, 0.15) is 38.5 Å². The van der Waals surface area contributed by atoms with Crippen molar-refractivity contribution in [2.24, 2.45) is 29.4 Å². The maximum atomic E-state index is 12.5. The Morgan fingerprint density at radius 2 is 2.06 bits per heavy atom. The van der Waals surface area contributed by atoms with Gasteiger partial charge in [0.05, 0.1) is 0 Å². The SMILES string of the molecule is CN(C(=O)C1CC2CCC1C2)C(CN)C1CC1. The van der Waals surface area contributed by atoms with E-state index in [1.807, 2.05) is 11.9 Å². The van der Waals surface area contributed by atoms with Gasteiger partial charge in [0.15, 0.2) is 0 Å². The highest BCUT2D eigenvalue weighted by molar-refractivity contribution is 5.79. The summed E-state index contributed by atoms with van der Waals surface area (Å²) in [6.45, 7) is 0.633. The van der Waals surface area contributed by atoms with E-state index in [4.69, 9.17) is 5.73 Å². The summed E-state index contributed by atoms with van der Waals surface area (Å²) in [5.74, 6) is 2.94. The molecule has 3 fully saturated rings. The fourth-order valence-electron chi connectivity index (χ4n) is 4.12. The van der Waals surface area contributed by atoms with E-state index in [0.717, 1.165) is 12.3 Å². The van der Waals surface area contributed by atoms with Gasteiger partial charge in [0.1, 0.15) is 0 Å². The number of fused-ring (bicyclic) bond motifs is 2. The fourth-order valence-corrected chi connectivity index (χ4v) is 4.12. The topological polar surface area (TPSA) is 46.3 Å². The van der Waals surface area contributed by atoms with Crippen molar-refractivity contribution < 1.29 is 4.79 Å². The molecular weight excluding hydrogens is 212 g/mol. The zero-order valence-corrected chi connectivity index (χ0v) is 10.8. The van der Waals surface area contributed by atoms with Crippen molar-refractivity contribution >= 4 is 5.91 Å². The minimum atomic E-state index is 0.307. The van der Waals surface area contributed by atoms with Crippen LogP contribution in [0, 0.1) is 23.7 Å². The van der Waals surface area contributed by atoms with Gasteiger partial charge < -0.3 is 10.6 Å². The summed E-state index contributed by atoms with van der Waals surface area (Å²) in [4.78, 5) is 14.5. The molecule has 3 saturated carbocycles. The highest BCUT2D eigenvalue weighted by Gasteiger charge is 2.45. The second-order valence-electron chi connectivity index (χ2n) is 6.37. The monoisotopic (exact) mass is 236 g/mol. The predicted molar refractivity (Wildman–Crippen MR) is 67.3 cm³/mol. The van der Waals surface area contributed by atoms with Crippen LogP contribution in [0.4, 0.5) is 0 Å². The molecule has 3 heteroatoms. The molecule has 3 aliphatic carbocycles. The zero-order chi connectivity index (χ0) is 12.0. The van der Waals surface area contributed by atoms with Crippen molar-refractivity contribution in [3.63, 3.8) is 0 Å². The lowest BCUT2D eigenvalue weighted by Gasteiger charge is -2.32. The molecule has 0 aromatic carbocycles. The van der Waals surface area contributed by atoms with Gasteiger partial charge in [-0.15, -0.1) is 0 Å². The summed E-state index contributed by atoms with van der Waals surface area (Å²) in [6.07, 6.45) is 7.62. The van der Waals surface area contributed by atoms with Crippen molar-refractivity contribution in [3.8, 4) is 0 Å². The summed E-state index contributed by atoms with van der Waals surface area (Å²) in [5, 5.41) is 0. The van der Waals surface area contributed by atoms with Gasteiger partial charge in [0.25, 0.3) is 0 Å². The molecule has 0 aliphatic heterocycles. The van der Waals surface area contributed by atoms with E-state index >= 15 is 0 Å². The Balaban J connectivity index is 1.64. The molecule has 2 bridgehead atoms. The van der Waals surface area contributed by atoms with Crippen LogP contribution < -0.4 is 5.73 Å². The average Bonchev–Trinajstić information content (AvgIpc) is 2.95. The largest absolute Gasteiger partial charge is 0.341 e. The lowest BCUT2D eigenvalue weighted by Crippen LogP contribution is -2.46. The Morgan fingerprint density at radius 1 is 1.29 bits per heavy atom. The van der Waals surface area contributed by atoms with E-state index in [0.29, 0.717) is 36.2 Å². The van der Waals surface area contributed by atoms with Crippen LogP contribution in [0.5, 0.6) is 0 Å².